The molecule has 1 unspecified atom stereocenters. The van der Waals surface area contributed by atoms with E-state index in [4.69, 9.17) is 5.26 Å². The molecule has 27 heavy (non-hydrogen) atoms. The molecule has 1 saturated heterocycles. The molecule has 138 valence electrons. The first-order valence-electron chi connectivity index (χ1n) is 9.01. The first-order chi connectivity index (χ1) is 13.0. The Balaban J connectivity index is 1.40. The lowest BCUT2D eigenvalue weighted by molar-refractivity contribution is 0.0328. The Hall–Kier alpha value is -2.91. The Labute approximate surface area is 157 Å². The molecule has 4 rings (SSSR count). The minimum absolute atomic E-state index is 0.190. The average Bonchev–Trinajstić information content (AvgIpc) is 3.18. The van der Waals surface area contributed by atoms with E-state index < -0.39 is 5.60 Å². The van der Waals surface area contributed by atoms with Crippen LogP contribution in [0.25, 0.3) is 0 Å². The SMILES string of the molecule is N#Cc1cccc(NC(=O)N2C[C@@H]3CC(O)(c4ccc(F)cc4)C[C@@H]3C2)c1. The van der Waals surface area contributed by atoms with Crippen molar-refractivity contribution >= 4 is 11.7 Å². The number of carbonyl (C=O) groups is 1. The van der Waals surface area contributed by atoms with Crippen LogP contribution in [-0.2, 0) is 5.60 Å². The van der Waals surface area contributed by atoms with Crippen molar-refractivity contribution in [1.29, 1.82) is 5.26 Å². The van der Waals surface area contributed by atoms with Gasteiger partial charge >= 0.3 is 6.03 Å². The molecule has 1 saturated carbocycles. The van der Waals surface area contributed by atoms with Crippen LogP contribution in [0.5, 0.6) is 0 Å². The van der Waals surface area contributed by atoms with Gasteiger partial charge in [-0.2, -0.15) is 5.26 Å². The van der Waals surface area contributed by atoms with Crippen LogP contribution in [0.4, 0.5) is 14.9 Å². The van der Waals surface area contributed by atoms with Gasteiger partial charge in [0, 0.05) is 18.8 Å². The summed E-state index contributed by atoms with van der Waals surface area (Å²) in [6, 6.07) is 14.7. The van der Waals surface area contributed by atoms with Crippen LogP contribution < -0.4 is 5.32 Å². The van der Waals surface area contributed by atoms with E-state index in [1.165, 1.54) is 12.1 Å². The number of carbonyl (C=O) groups excluding carboxylic acids is 1. The zero-order chi connectivity index (χ0) is 19.0. The molecule has 1 aliphatic heterocycles. The smallest absolute Gasteiger partial charge is 0.321 e. The maximum atomic E-state index is 13.1. The van der Waals surface area contributed by atoms with Crippen molar-refractivity contribution in [2.45, 2.75) is 18.4 Å². The predicted octanol–water partition coefficient (Wildman–Crippen LogP) is 3.46. The van der Waals surface area contributed by atoms with E-state index in [0.29, 0.717) is 37.2 Å². The summed E-state index contributed by atoms with van der Waals surface area (Å²) in [4.78, 5) is 14.3. The number of nitrogens with one attached hydrogen (secondary N) is 1. The number of rotatable bonds is 2. The number of halogens is 1. The average molecular weight is 365 g/mol. The van der Waals surface area contributed by atoms with Gasteiger partial charge in [-0.1, -0.05) is 18.2 Å². The van der Waals surface area contributed by atoms with Gasteiger partial charge in [-0.15, -0.1) is 0 Å². The number of amides is 2. The molecule has 3 atom stereocenters. The molecule has 0 bridgehead atoms. The highest BCUT2D eigenvalue weighted by Gasteiger charge is 2.49. The maximum Gasteiger partial charge on any atom is 0.321 e. The summed E-state index contributed by atoms with van der Waals surface area (Å²) in [5, 5.41) is 22.8. The topological polar surface area (TPSA) is 76.4 Å². The van der Waals surface area contributed by atoms with Gasteiger partial charge in [0.1, 0.15) is 5.82 Å². The molecule has 6 heteroatoms. The fourth-order valence-electron chi connectivity index (χ4n) is 4.38. The van der Waals surface area contributed by atoms with Gasteiger partial charge in [0.05, 0.1) is 17.2 Å². The summed E-state index contributed by atoms with van der Waals surface area (Å²) in [7, 11) is 0. The summed E-state index contributed by atoms with van der Waals surface area (Å²) in [5.74, 6) is 0.122. The molecule has 5 nitrogen and oxygen atoms in total. The third-order valence-electron chi connectivity index (χ3n) is 5.69. The number of hydrogen-bond donors (Lipinski definition) is 2. The second-order valence-electron chi connectivity index (χ2n) is 7.49. The fraction of sp³-hybridized carbons (Fsp3) is 0.333. The highest BCUT2D eigenvalue weighted by molar-refractivity contribution is 5.89. The fourth-order valence-corrected chi connectivity index (χ4v) is 4.38. The molecule has 2 N–H and O–H groups in total. The van der Waals surface area contributed by atoms with Gasteiger partial charge in [-0.3, -0.25) is 0 Å². The van der Waals surface area contributed by atoms with Crippen LogP contribution in [0.1, 0.15) is 24.0 Å². The van der Waals surface area contributed by atoms with Gasteiger partial charge in [0.25, 0.3) is 0 Å². The first-order valence-corrected chi connectivity index (χ1v) is 9.01. The Kier molecular flexibility index (Phi) is 4.33. The van der Waals surface area contributed by atoms with Gasteiger partial charge in [0.2, 0.25) is 0 Å². The summed E-state index contributed by atoms with van der Waals surface area (Å²) >= 11 is 0. The van der Waals surface area contributed by atoms with Crippen LogP contribution >= 0.6 is 0 Å². The van der Waals surface area contributed by atoms with E-state index in [1.807, 2.05) is 0 Å². The minimum atomic E-state index is -0.952. The number of aliphatic hydroxyl groups is 1. The van der Waals surface area contributed by atoms with E-state index >= 15 is 0 Å². The number of nitriles is 1. The third-order valence-corrected chi connectivity index (χ3v) is 5.69. The van der Waals surface area contributed by atoms with E-state index in [9.17, 15) is 14.3 Å². The van der Waals surface area contributed by atoms with Crippen LogP contribution in [0.2, 0.25) is 0 Å². The summed E-state index contributed by atoms with van der Waals surface area (Å²) < 4.78 is 13.1. The van der Waals surface area contributed by atoms with E-state index in [0.717, 1.165) is 5.56 Å². The summed E-state index contributed by atoms with van der Waals surface area (Å²) in [6.07, 6.45) is 1.13. The number of anilines is 1. The quantitative estimate of drug-likeness (QED) is 0.856. The van der Waals surface area contributed by atoms with Gasteiger partial charge < -0.3 is 15.3 Å². The lowest BCUT2D eigenvalue weighted by Crippen LogP contribution is -2.35. The zero-order valence-corrected chi connectivity index (χ0v) is 14.7. The third kappa shape index (κ3) is 3.38. The Morgan fingerprint density at radius 3 is 2.48 bits per heavy atom. The Bertz CT molecular complexity index is 892. The van der Waals surface area contributed by atoms with Crippen molar-refractivity contribution in [3.63, 3.8) is 0 Å². The summed E-state index contributed by atoms with van der Waals surface area (Å²) in [6.45, 7) is 1.16. The molecule has 0 aromatic heterocycles. The Morgan fingerprint density at radius 2 is 1.85 bits per heavy atom. The molecule has 2 aromatic carbocycles. The molecule has 0 radical (unpaired) electrons. The van der Waals surface area contributed by atoms with Crippen LogP contribution in [0.3, 0.4) is 0 Å². The van der Waals surface area contributed by atoms with Gasteiger partial charge in [-0.05, 0) is 60.6 Å². The molecule has 2 fully saturated rings. The van der Waals surface area contributed by atoms with Crippen molar-refractivity contribution in [1.82, 2.24) is 4.90 Å². The van der Waals surface area contributed by atoms with E-state index in [2.05, 4.69) is 11.4 Å². The number of nitrogens with zero attached hydrogens (tertiary/aromatic N) is 2. The van der Waals surface area contributed by atoms with Crippen molar-refractivity contribution in [2.75, 3.05) is 18.4 Å². The van der Waals surface area contributed by atoms with Gasteiger partial charge in [0.15, 0.2) is 0 Å². The van der Waals surface area contributed by atoms with E-state index in [-0.39, 0.29) is 23.7 Å². The number of likely N-dealkylation sites (tertiary alicyclic amines) is 1. The van der Waals surface area contributed by atoms with Crippen molar-refractivity contribution in [3.8, 4) is 6.07 Å². The van der Waals surface area contributed by atoms with Crippen molar-refractivity contribution in [3.05, 3.63) is 65.5 Å². The van der Waals surface area contributed by atoms with Crippen LogP contribution in [0.15, 0.2) is 48.5 Å². The largest absolute Gasteiger partial charge is 0.385 e. The maximum absolute atomic E-state index is 13.1. The monoisotopic (exact) mass is 365 g/mol. The molecule has 1 aliphatic carbocycles. The lowest BCUT2D eigenvalue weighted by Gasteiger charge is -2.26. The first kappa shape index (κ1) is 17.5. The molecule has 2 amide bonds. The highest BCUT2D eigenvalue weighted by atomic mass is 19.1. The Morgan fingerprint density at radius 1 is 1.19 bits per heavy atom. The van der Waals surface area contributed by atoms with Gasteiger partial charge in [-0.25, -0.2) is 9.18 Å². The van der Waals surface area contributed by atoms with Crippen LogP contribution in [-0.4, -0.2) is 29.1 Å². The molecule has 2 aromatic rings. The highest BCUT2D eigenvalue weighted by Crippen LogP contribution is 2.49. The molecular weight excluding hydrogens is 345 g/mol. The number of hydrogen-bond acceptors (Lipinski definition) is 3. The molecule has 2 aliphatic rings. The van der Waals surface area contributed by atoms with Crippen LogP contribution in [0, 0.1) is 29.0 Å². The molecule has 0 spiro atoms. The standard InChI is InChI=1S/C21H20FN3O2/c22-18-6-4-17(5-7-18)21(27)9-15-12-25(13-16(15)10-21)20(26)24-19-3-1-2-14(8-19)11-23/h1-8,15-16,27H,9-10,12-13H2,(H,24,26)/t15-,16+,21?. The predicted molar refractivity (Wildman–Crippen MR) is 98.3 cm³/mol. The lowest BCUT2D eigenvalue weighted by atomic mass is 9.90. The zero-order valence-electron chi connectivity index (χ0n) is 14.7. The second kappa shape index (κ2) is 6.67. The number of benzene rings is 2. The number of fused-ring (bicyclic) bond motifs is 1. The van der Waals surface area contributed by atoms with Crippen molar-refractivity contribution in [2.24, 2.45) is 11.8 Å². The molecule has 1 heterocycles. The molecular formula is C21H20FN3O2. The number of urea groups is 1. The van der Waals surface area contributed by atoms with E-state index in [1.54, 1.807) is 41.3 Å². The summed E-state index contributed by atoms with van der Waals surface area (Å²) in [5.41, 5.74) is 0.879. The van der Waals surface area contributed by atoms with Crippen molar-refractivity contribution < 1.29 is 14.3 Å². The second-order valence-corrected chi connectivity index (χ2v) is 7.49. The minimum Gasteiger partial charge on any atom is -0.385 e. The normalized spacial score (nSPS) is 26.5.